The largest absolute Gasteiger partial charge is 0.494 e. The molecule has 0 saturated heterocycles. The van der Waals surface area contributed by atoms with Crippen LogP contribution in [0.4, 0.5) is 0 Å². The normalized spacial score (nSPS) is 25.9. The highest BCUT2D eigenvalue weighted by molar-refractivity contribution is 6.21. The van der Waals surface area contributed by atoms with Gasteiger partial charge in [-0.3, -0.25) is 9.59 Å². The molecule has 0 radical (unpaired) electrons. The Morgan fingerprint density at radius 1 is 1.23 bits per heavy atom. The number of hydrogen-bond acceptors (Lipinski definition) is 4. The molecule has 2 amide bonds. The van der Waals surface area contributed by atoms with Crippen molar-refractivity contribution >= 4 is 23.4 Å². The number of aromatic nitrogens is 2. The van der Waals surface area contributed by atoms with Gasteiger partial charge < -0.3 is 15.0 Å². The third-order valence-electron chi connectivity index (χ3n) is 8.19. The molecule has 2 aliphatic heterocycles. The van der Waals surface area contributed by atoms with E-state index in [0.29, 0.717) is 36.7 Å². The van der Waals surface area contributed by atoms with Crippen molar-refractivity contribution < 1.29 is 14.3 Å². The van der Waals surface area contributed by atoms with Gasteiger partial charge in [0.2, 0.25) is 0 Å². The van der Waals surface area contributed by atoms with Crippen molar-refractivity contribution in [1.82, 2.24) is 20.0 Å². The van der Waals surface area contributed by atoms with Crippen molar-refractivity contribution in [2.45, 2.75) is 69.2 Å². The van der Waals surface area contributed by atoms with E-state index in [4.69, 9.17) is 21.4 Å². The Morgan fingerprint density at radius 3 is 2.69 bits per heavy atom. The highest BCUT2D eigenvalue weighted by Gasteiger charge is 2.64. The first kappa shape index (κ1) is 22.7. The van der Waals surface area contributed by atoms with Crippen LogP contribution < -0.4 is 10.1 Å². The number of ether oxygens (including phenoxy) is 1. The van der Waals surface area contributed by atoms with Gasteiger partial charge in [0.1, 0.15) is 11.4 Å². The van der Waals surface area contributed by atoms with Crippen LogP contribution in [0.3, 0.4) is 0 Å². The monoisotopic (exact) mass is 494 g/mol. The average molecular weight is 495 g/mol. The minimum Gasteiger partial charge on any atom is -0.494 e. The second-order valence-electron chi connectivity index (χ2n) is 10.5. The fraction of sp³-hybridized carbons (Fsp3) is 0.519. The van der Waals surface area contributed by atoms with E-state index in [1.165, 1.54) is 6.42 Å². The van der Waals surface area contributed by atoms with Gasteiger partial charge in [-0.15, -0.1) is 11.6 Å². The van der Waals surface area contributed by atoms with E-state index in [2.05, 4.69) is 19.2 Å². The van der Waals surface area contributed by atoms with Gasteiger partial charge in [0.25, 0.3) is 11.8 Å². The summed E-state index contributed by atoms with van der Waals surface area (Å²) < 4.78 is 7.46. The lowest BCUT2D eigenvalue weighted by atomic mass is 9.76. The van der Waals surface area contributed by atoms with E-state index in [1.807, 2.05) is 33.8 Å². The van der Waals surface area contributed by atoms with Gasteiger partial charge in [-0.2, -0.15) is 5.10 Å². The van der Waals surface area contributed by atoms with Crippen molar-refractivity contribution in [2.24, 2.45) is 5.92 Å². The maximum Gasteiger partial charge on any atom is 0.276 e. The van der Waals surface area contributed by atoms with E-state index < -0.39 is 5.54 Å². The molecular formula is C27H31ClN4O3. The zero-order valence-corrected chi connectivity index (χ0v) is 21.2. The molecule has 1 aromatic heterocycles. The van der Waals surface area contributed by atoms with Crippen LogP contribution in [0.1, 0.15) is 80.0 Å². The van der Waals surface area contributed by atoms with Crippen LogP contribution in [0.2, 0.25) is 0 Å². The number of rotatable bonds is 5. The van der Waals surface area contributed by atoms with Crippen molar-refractivity contribution in [3.05, 3.63) is 52.5 Å². The molecule has 1 spiro atoms. The molecule has 35 heavy (non-hydrogen) atoms. The highest BCUT2D eigenvalue weighted by Crippen LogP contribution is 2.55. The Bertz CT molecular complexity index is 1260. The topological polar surface area (TPSA) is 76.5 Å². The van der Waals surface area contributed by atoms with Crippen LogP contribution in [0, 0.1) is 5.92 Å². The number of methoxy groups -OCH3 is 1. The Morgan fingerprint density at radius 2 is 2.00 bits per heavy atom. The number of amides is 2. The first-order chi connectivity index (χ1) is 16.9. The molecule has 8 heteroatoms. The SMILES string of the molecule is COc1ccccc1-n1nc2c(c1C(C)C)C1(C(=O)NC3=C1CCC(Cl)C3)N(CC1CCC1)C2=O. The van der Waals surface area contributed by atoms with Gasteiger partial charge in [-0.05, 0) is 55.2 Å². The second-order valence-corrected chi connectivity index (χ2v) is 11.1. The van der Waals surface area contributed by atoms with Crippen LogP contribution in [-0.4, -0.2) is 45.5 Å². The minimum atomic E-state index is -1.14. The second kappa shape index (κ2) is 8.12. The number of para-hydroxylation sites is 2. The van der Waals surface area contributed by atoms with E-state index in [9.17, 15) is 9.59 Å². The number of alkyl halides is 1. The zero-order valence-electron chi connectivity index (χ0n) is 20.4. The standard InChI is InChI=1S/C27H31ClN4O3/c1-15(2)24-22-23(30-32(24)20-9-4-5-10-21(20)35-3)25(33)31(14-16-7-6-8-16)27(22)18-12-11-17(28)13-19(18)29-26(27)34/h4-5,9-10,15-17H,6-8,11-14H2,1-3H3,(H,29,34). The van der Waals surface area contributed by atoms with Gasteiger partial charge in [-0.25, -0.2) is 4.68 Å². The molecule has 1 aromatic carbocycles. The highest BCUT2D eigenvalue weighted by atomic mass is 35.5. The molecule has 2 aliphatic carbocycles. The fourth-order valence-corrected chi connectivity index (χ4v) is 6.63. The van der Waals surface area contributed by atoms with E-state index in [-0.39, 0.29) is 23.1 Å². The maximum absolute atomic E-state index is 14.1. The van der Waals surface area contributed by atoms with E-state index >= 15 is 0 Å². The van der Waals surface area contributed by atoms with Gasteiger partial charge >= 0.3 is 0 Å². The predicted octanol–water partition coefficient (Wildman–Crippen LogP) is 4.63. The quantitative estimate of drug-likeness (QED) is 0.615. The predicted molar refractivity (Wildman–Crippen MR) is 133 cm³/mol. The number of benzene rings is 1. The molecule has 1 saturated carbocycles. The van der Waals surface area contributed by atoms with Gasteiger partial charge in [-0.1, -0.05) is 32.4 Å². The average Bonchev–Trinajstić information content (AvgIpc) is 3.40. The molecule has 6 rings (SSSR count). The third kappa shape index (κ3) is 3.06. The molecule has 2 atom stereocenters. The fourth-order valence-electron chi connectivity index (χ4n) is 6.37. The molecule has 0 bridgehead atoms. The number of nitrogens with one attached hydrogen (secondary N) is 1. The number of carbonyl (C=O) groups is 2. The number of fused-ring (bicyclic) bond motifs is 3. The summed E-state index contributed by atoms with van der Waals surface area (Å²) in [7, 11) is 1.63. The van der Waals surface area contributed by atoms with Crippen molar-refractivity contribution in [2.75, 3.05) is 13.7 Å². The van der Waals surface area contributed by atoms with Gasteiger partial charge in [0.05, 0.1) is 12.8 Å². The summed E-state index contributed by atoms with van der Waals surface area (Å²) in [6.07, 6.45) is 5.45. The molecule has 1 N–H and O–H groups in total. The van der Waals surface area contributed by atoms with Crippen LogP contribution in [0.25, 0.3) is 5.69 Å². The van der Waals surface area contributed by atoms with E-state index in [0.717, 1.165) is 47.5 Å². The Labute approximate surface area is 210 Å². The lowest BCUT2D eigenvalue weighted by molar-refractivity contribution is -0.128. The number of halogens is 1. The molecule has 2 unspecified atom stereocenters. The Kier molecular flexibility index (Phi) is 5.25. The lowest BCUT2D eigenvalue weighted by Gasteiger charge is -2.41. The smallest absolute Gasteiger partial charge is 0.276 e. The Balaban J connectivity index is 1.62. The van der Waals surface area contributed by atoms with Crippen LogP contribution in [0.15, 0.2) is 35.5 Å². The van der Waals surface area contributed by atoms with Gasteiger partial charge in [0.15, 0.2) is 11.2 Å². The summed E-state index contributed by atoms with van der Waals surface area (Å²) in [4.78, 5) is 30.0. The summed E-state index contributed by atoms with van der Waals surface area (Å²) in [6.45, 7) is 4.76. The van der Waals surface area contributed by atoms with Crippen molar-refractivity contribution in [3.63, 3.8) is 0 Å². The molecule has 184 valence electrons. The zero-order chi connectivity index (χ0) is 24.5. The molecule has 3 heterocycles. The van der Waals surface area contributed by atoms with Crippen LogP contribution in [-0.2, 0) is 10.3 Å². The number of allylic oxidation sites excluding steroid dienone is 1. The van der Waals surface area contributed by atoms with E-state index in [1.54, 1.807) is 7.11 Å². The molecular weight excluding hydrogens is 464 g/mol. The number of nitrogens with zero attached hydrogens (tertiary/aromatic N) is 3. The summed E-state index contributed by atoms with van der Waals surface area (Å²) in [5.74, 6) is 0.819. The van der Waals surface area contributed by atoms with Crippen molar-refractivity contribution in [3.8, 4) is 11.4 Å². The van der Waals surface area contributed by atoms with Crippen LogP contribution in [0.5, 0.6) is 5.75 Å². The minimum absolute atomic E-state index is 0.0123. The van der Waals surface area contributed by atoms with Crippen molar-refractivity contribution in [1.29, 1.82) is 0 Å². The molecule has 1 fully saturated rings. The lowest BCUT2D eigenvalue weighted by Crippen LogP contribution is -2.54. The third-order valence-corrected chi connectivity index (χ3v) is 8.56. The first-order valence-electron chi connectivity index (χ1n) is 12.6. The summed E-state index contributed by atoms with van der Waals surface area (Å²) in [5.41, 5.74) is 3.53. The summed E-state index contributed by atoms with van der Waals surface area (Å²) in [5, 5.41) is 8.04. The summed E-state index contributed by atoms with van der Waals surface area (Å²) in [6, 6.07) is 7.67. The summed E-state index contributed by atoms with van der Waals surface area (Å²) >= 11 is 6.51. The first-order valence-corrected chi connectivity index (χ1v) is 13.1. The molecule has 7 nitrogen and oxygen atoms in total. The molecule has 4 aliphatic rings. The van der Waals surface area contributed by atoms with Gasteiger partial charge in [0, 0.05) is 29.6 Å². The van der Waals surface area contributed by atoms with Crippen LogP contribution >= 0.6 is 11.6 Å². The maximum atomic E-state index is 14.1. The Hall–Kier alpha value is -2.80. The number of hydrogen-bond donors (Lipinski definition) is 1. The number of carbonyl (C=O) groups excluding carboxylic acids is 2. The molecule has 2 aromatic rings.